The first-order valence-electron chi connectivity index (χ1n) is 4.55. The normalized spacial score (nSPS) is 20.6. The first-order valence-corrected chi connectivity index (χ1v) is 4.55. The smallest absolute Gasteiger partial charge is 0.317 e. The van der Waals surface area contributed by atoms with Gasteiger partial charge in [-0.3, -0.25) is 0 Å². The van der Waals surface area contributed by atoms with E-state index in [1.165, 1.54) is 17.0 Å². The summed E-state index contributed by atoms with van der Waals surface area (Å²) in [6.07, 6.45) is 0. The third kappa shape index (κ3) is 1.65. The van der Waals surface area contributed by atoms with Crippen molar-refractivity contribution in [3.63, 3.8) is 0 Å². The highest BCUT2D eigenvalue weighted by atomic mass is 19.1. The molecular weight excluding hydrogens is 202 g/mol. The molecule has 0 aromatic heterocycles. The molecule has 0 spiro atoms. The SMILES string of the molecule is CN1C(=O)NCC1c1ccc(F)cc1F. The fourth-order valence-electron chi connectivity index (χ4n) is 1.68. The number of carbonyl (C=O) groups excluding carboxylic acids is 1. The van der Waals surface area contributed by atoms with Gasteiger partial charge in [0.2, 0.25) is 0 Å². The van der Waals surface area contributed by atoms with Gasteiger partial charge >= 0.3 is 6.03 Å². The minimum Gasteiger partial charge on any atom is -0.336 e. The maximum atomic E-state index is 13.4. The number of benzene rings is 1. The van der Waals surface area contributed by atoms with Gasteiger partial charge in [-0.05, 0) is 6.07 Å². The second-order valence-electron chi connectivity index (χ2n) is 3.48. The van der Waals surface area contributed by atoms with Crippen LogP contribution in [0.5, 0.6) is 0 Å². The fourth-order valence-corrected chi connectivity index (χ4v) is 1.68. The van der Waals surface area contributed by atoms with E-state index >= 15 is 0 Å². The van der Waals surface area contributed by atoms with Crippen molar-refractivity contribution in [1.29, 1.82) is 0 Å². The van der Waals surface area contributed by atoms with Crippen LogP contribution in [0, 0.1) is 11.6 Å². The van der Waals surface area contributed by atoms with Crippen LogP contribution in [0.25, 0.3) is 0 Å². The molecule has 1 N–H and O–H groups in total. The van der Waals surface area contributed by atoms with Crippen LogP contribution in [0.1, 0.15) is 11.6 Å². The topological polar surface area (TPSA) is 32.3 Å². The Morgan fingerprint density at radius 1 is 1.47 bits per heavy atom. The van der Waals surface area contributed by atoms with E-state index in [9.17, 15) is 13.6 Å². The Morgan fingerprint density at radius 2 is 2.20 bits per heavy atom. The summed E-state index contributed by atoms with van der Waals surface area (Å²) in [6, 6.07) is 2.77. The number of urea groups is 1. The van der Waals surface area contributed by atoms with Crippen LogP contribution in [-0.4, -0.2) is 24.5 Å². The van der Waals surface area contributed by atoms with Gasteiger partial charge in [0.1, 0.15) is 11.6 Å². The van der Waals surface area contributed by atoms with E-state index in [2.05, 4.69) is 5.32 Å². The maximum Gasteiger partial charge on any atom is 0.317 e. The maximum absolute atomic E-state index is 13.4. The number of hydrogen-bond acceptors (Lipinski definition) is 1. The molecule has 1 atom stereocenters. The molecule has 1 fully saturated rings. The average molecular weight is 212 g/mol. The Balaban J connectivity index is 2.34. The zero-order valence-corrected chi connectivity index (χ0v) is 8.13. The molecule has 1 aliphatic rings. The summed E-state index contributed by atoms with van der Waals surface area (Å²) in [4.78, 5) is 12.6. The van der Waals surface area contributed by atoms with Crippen molar-refractivity contribution >= 4 is 6.03 Å². The highest BCUT2D eigenvalue weighted by Crippen LogP contribution is 2.25. The summed E-state index contributed by atoms with van der Waals surface area (Å²) >= 11 is 0. The highest BCUT2D eigenvalue weighted by Gasteiger charge is 2.30. The monoisotopic (exact) mass is 212 g/mol. The molecule has 1 aliphatic heterocycles. The molecule has 80 valence electrons. The van der Waals surface area contributed by atoms with E-state index in [0.29, 0.717) is 12.1 Å². The first-order chi connectivity index (χ1) is 7.09. The van der Waals surface area contributed by atoms with Crippen LogP contribution in [0.15, 0.2) is 18.2 Å². The Hall–Kier alpha value is -1.65. The molecule has 1 saturated heterocycles. The van der Waals surface area contributed by atoms with E-state index in [4.69, 9.17) is 0 Å². The molecule has 2 rings (SSSR count). The molecule has 1 heterocycles. The molecule has 15 heavy (non-hydrogen) atoms. The van der Waals surface area contributed by atoms with Gasteiger partial charge in [0.15, 0.2) is 0 Å². The number of hydrogen-bond donors (Lipinski definition) is 1. The molecule has 2 amide bonds. The van der Waals surface area contributed by atoms with Crippen LogP contribution in [0.3, 0.4) is 0 Å². The molecule has 0 bridgehead atoms. The lowest BCUT2D eigenvalue weighted by Gasteiger charge is -2.18. The summed E-state index contributed by atoms with van der Waals surface area (Å²) in [5.74, 6) is -1.24. The third-order valence-electron chi connectivity index (χ3n) is 2.56. The molecule has 0 radical (unpaired) electrons. The molecule has 1 aromatic carbocycles. The Kier molecular flexibility index (Phi) is 2.30. The third-order valence-corrected chi connectivity index (χ3v) is 2.56. The Labute approximate surface area is 85.7 Å². The summed E-state index contributed by atoms with van der Waals surface area (Å²) in [5, 5.41) is 2.59. The fraction of sp³-hybridized carbons (Fsp3) is 0.300. The van der Waals surface area contributed by atoms with E-state index in [1.807, 2.05) is 0 Å². The van der Waals surface area contributed by atoms with E-state index in [0.717, 1.165) is 6.07 Å². The van der Waals surface area contributed by atoms with Gasteiger partial charge in [-0.15, -0.1) is 0 Å². The first kappa shape index (κ1) is 9.89. The molecule has 1 unspecified atom stereocenters. The van der Waals surface area contributed by atoms with Gasteiger partial charge in [-0.1, -0.05) is 6.07 Å². The molecule has 0 aliphatic carbocycles. The van der Waals surface area contributed by atoms with Gasteiger partial charge in [0, 0.05) is 25.2 Å². The number of likely N-dealkylation sites (N-methyl/N-ethyl adjacent to an activating group) is 1. The largest absolute Gasteiger partial charge is 0.336 e. The van der Waals surface area contributed by atoms with Crippen LogP contribution in [0.2, 0.25) is 0 Å². The number of nitrogens with one attached hydrogen (secondary N) is 1. The van der Waals surface area contributed by atoms with Crippen molar-refractivity contribution in [3.05, 3.63) is 35.4 Å². The summed E-state index contributed by atoms with van der Waals surface area (Å²) < 4.78 is 26.1. The number of rotatable bonds is 1. The highest BCUT2D eigenvalue weighted by molar-refractivity contribution is 5.76. The summed E-state index contributed by atoms with van der Waals surface area (Å²) in [7, 11) is 1.58. The van der Waals surface area contributed by atoms with Crippen molar-refractivity contribution in [2.75, 3.05) is 13.6 Å². The molecule has 1 aromatic rings. The predicted octanol–water partition coefficient (Wildman–Crippen LogP) is 1.66. The van der Waals surface area contributed by atoms with Gasteiger partial charge in [-0.25, -0.2) is 13.6 Å². The van der Waals surface area contributed by atoms with Crippen molar-refractivity contribution in [2.45, 2.75) is 6.04 Å². The van der Waals surface area contributed by atoms with Gasteiger partial charge in [0.05, 0.1) is 6.04 Å². The average Bonchev–Trinajstić information content (AvgIpc) is 2.49. The van der Waals surface area contributed by atoms with Gasteiger partial charge in [-0.2, -0.15) is 0 Å². The van der Waals surface area contributed by atoms with Gasteiger partial charge < -0.3 is 10.2 Å². The summed E-state index contributed by atoms with van der Waals surface area (Å²) in [6.45, 7) is 0.345. The predicted molar refractivity (Wildman–Crippen MR) is 50.3 cm³/mol. The van der Waals surface area contributed by atoms with Gasteiger partial charge in [0.25, 0.3) is 0 Å². The zero-order chi connectivity index (χ0) is 11.0. The van der Waals surface area contributed by atoms with Crippen molar-refractivity contribution in [1.82, 2.24) is 10.2 Å². The van der Waals surface area contributed by atoms with Crippen LogP contribution < -0.4 is 5.32 Å². The number of amides is 2. The summed E-state index contributed by atoms with van der Waals surface area (Å²) in [5.41, 5.74) is 0.331. The second kappa shape index (κ2) is 3.49. The number of carbonyl (C=O) groups is 1. The van der Waals surface area contributed by atoms with Crippen LogP contribution >= 0.6 is 0 Å². The van der Waals surface area contributed by atoms with E-state index in [1.54, 1.807) is 7.05 Å². The number of nitrogens with zero attached hydrogens (tertiary/aromatic N) is 1. The second-order valence-corrected chi connectivity index (χ2v) is 3.48. The quantitative estimate of drug-likeness (QED) is 0.754. The van der Waals surface area contributed by atoms with E-state index in [-0.39, 0.29) is 12.1 Å². The van der Waals surface area contributed by atoms with Crippen LogP contribution in [-0.2, 0) is 0 Å². The minimum atomic E-state index is -0.622. The van der Waals surface area contributed by atoms with Crippen LogP contribution in [0.4, 0.5) is 13.6 Å². The zero-order valence-electron chi connectivity index (χ0n) is 8.13. The molecule has 3 nitrogen and oxygen atoms in total. The molecule has 0 saturated carbocycles. The lowest BCUT2D eigenvalue weighted by Crippen LogP contribution is -2.25. The standard InChI is InChI=1S/C10H10F2N2O/c1-14-9(5-13-10(14)15)7-3-2-6(11)4-8(7)12/h2-4,9H,5H2,1H3,(H,13,15). The van der Waals surface area contributed by atoms with Crippen molar-refractivity contribution in [3.8, 4) is 0 Å². The minimum absolute atomic E-state index is 0.247. The van der Waals surface area contributed by atoms with Crippen molar-refractivity contribution in [2.24, 2.45) is 0 Å². The Morgan fingerprint density at radius 3 is 2.73 bits per heavy atom. The lowest BCUT2D eigenvalue weighted by atomic mass is 10.1. The number of halogens is 2. The molecule has 5 heteroatoms. The van der Waals surface area contributed by atoms with Crippen molar-refractivity contribution < 1.29 is 13.6 Å². The Bertz CT molecular complexity index is 408. The van der Waals surface area contributed by atoms with E-state index < -0.39 is 11.6 Å². The molecular formula is C10H10F2N2O. The lowest BCUT2D eigenvalue weighted by molar-refractivity contribution is 0.216.